The van der Waals surface area contributed by atoms with E-state index in [0.717, 1.165) is 48.0 Å². The molecule has 1 aliphatic carbocycles. The molecule has 4 nitrogen and oxygen atoms in total. The fourth-order valence-electron chi connectivity index (χ4n) is 4.86. The van der Waals surface area contributed by atoms with Gasteiger partial charge < -0.3 is 9.64 Å². The summed E-state index contributed by atoms with van der Waals surface area (Å²) in [6.07, 6.45) is 4.25. The molecule has 1 saturated heterocycles. The Balaban J connectivity index is 1.41. The molecule has 2 aliphatic rings. The van der Waals surface area contributed by atoms with E-state index in [9.17, 15) is 4.39 Å². The van der Waals surface area contributed by atoms with Crippen molar-refractivity contribution in [2.24, 2.45) is 0 Å². The molecule has 1 aliphatic heterocycles. The molecule has 6 heteroatoms. The van der Waals surface area contributed by atoms with Crippen molar-refractivity contribution < 1.29 is 9.13 Å². The van der Waals surface area contributed by atoms with Gasteiger partial charge in [-0.15, -0.1) is 0 Å². The number of rotatable bonds is 6. The van der Waals surface area contributed by atoms with E-state index in [-0.39, 0.29) is 17.3 Å². The van der Waals surface area contributed by atoms with Crippen molar-refractivity contribution in [2.75, 3.05) is 26.7 Å². The number of aromatic nitrogens is 2. The van der Waals surface area contributed by atoms with Crippen molar-refractivity contribution in [3.8, 4) is 0 Å². The maximum absolute atomic E-state index is 13.6. The summed E-state index contributed by atoms with van der Waals surface area (Å²) < 4.78 is 20.1. The molecule has 1 unspecified atom stereocenters. The molecule has 164 valence electrons. The largest absolute Gasteiger partial charge is 0.373 e. The molecule has 0 amide bonds. The zero-order valence-corrected chi connectivity index (χ0v) is 18.9. The molecular formula is C25H29ClFN3O. The highest BCUT2D eigenvalue weighted by Gasteiger charge is 2.37. The lowest BCUT2D eigenvalue weighted by molar-refractivity contribution is 0.00696. The Morgan fingerprint density at radius 3 is 2.61 bits per heavy atom. The standard InChI is InChI=1S/C25H29ClFN3O/c1-16(21-13-19(26)14-22-23(17-3-4-17)28-29-24(21)22)31-15-25(9-11-30(2)12-10-25)18-5-7-20(27)8-6-18/h5-8,13-14,16-17H,3-4,9-12,15H2,1-2H3,(H,28,29). The van der Waals surface area contributed by atoms with Crippen LogP contribution in [0.25, 0.3) is 10.9 Å². The van der Waals surface area contributed by atoms with E-state index >= 15 is 0 Å². The SMILES string of the molecule is CC(OCC1(c2ccc(F)cc2)CCN(C)CC1)c1cc(Cl)cc2c(C3CC3)[nH]nc12. The predicted octanol–water partition coefficient (Wildman–Crippen LogP) is 5.97. The van der Waals surface area contributed by atoms with Crippen molar-refractivity contribution in [1.29, 1.82) is 0 Å². The Labute approximate surface area is 187 Å². The molecular weight excluding hydrogens is 413 g/mol. The zero-order chi connectivity index (χ0) is 21.6. The predicted molar refractivity (Wildman–Crippen MR) is 122 cm³/mol. The average Bonchev–Trinajstić information content (AvgIpc) is 3.53. The van der Waals surface area contributed by atoms with Gasteiger partial charge in [-0.1, -0.05) is 23.7 Å². The van der Waals surface area contributed by atoms with Gasteiger partial charge in [0.25, 0.3) is 0 Å². The first kappa shape index (κ1) is 20.9. The Bertz CT molecular complexity index is 1070. The Kier molecular flexibility index (Phi) is 5.53. The monoisotopic (exact) mass is 441 g/mol. The molecule has 2 heterocycles. The van der Waals surface area contributed by atoms with Crippen LogP contribution in [0.1, 0.15) is 61.4 Å². The highest BCUT2D eigenvalue weighted by atomic mass is 35.5. The van der Waals surface area contributed by atoms with E-state index in [1.807, 2.05) is 24.3 Å². The molecule has 0 spiro atoms. The van der Waals surface area contributed by atoms with Crippen LogP contribution < -0.4 is 0 Å². The maximum atomic E-state index is 13.6. The number of piperidine rings is 1. The van der Waals surface area contributed by atoms with E-state index < -0.39 is 0 Å². The second-order valence-corrected chi connectivity index (χ2v) is 9.78. The van der Waals surface area contributed by atoms with Crippen molar-refractivity contribution in [3.05, 3.63) is 64.1 Å². The molecule has 1 N–H and O–H groups in total. The summed E-state index contributed by atoms with van der Waals surface area (Å²) in [6.45, 7) is 4.66. The van der Waals surface area contributed by atoms with Gasteiger partial charge in [0.05, 0.1) is 18.2 Å². The minimum absolute atomic E-state index is 0.114. The number of nitrogens with zero attached hydrogens (tertiary/aromatic N) is 2. The Hall–Kier alpha value is -1.95. The number of nitrogens with one attached hydrogen (secondary N) is 1. The topological polar surface area (TPSA) is 41.1 Å². The van der Waals surface area contributed by atoms with Gasteiger partial charge >= 0.3 is 0 Å². The van der Waals surface area contributed by atoms with E-state index in [1.54, 1.807) is 12.1 Å². The minimum atomic E-state index is -0.201. The number of benzene rings is 2. The Morgan fingerprint density at radius 1 is 1.23 bits per heavy atom. The lowest BCUT2D eigenvalue weighted by Gasteiger charge is -2.41. The normalized spacial score (nSPS) is 20.3. The van der Waals surface area contributed by atoms with Gasteiger partial charge in [0.2, 0.25) is 0 Å². The molecule has 1 saturated carbocycles. The summed E-state index contributed by atoms with van der Waals surface area (Å²) in [4.78, 5) is 2.34. The summed E-state index contributed by atoms with van der Waals surface area (Å²) in [6, 6.07) is 10.9. The van der Waals surface area contributed by atoms with Crippen LogP contribution in [0, 0.1) is 5.82 Å². The van der Waals surface area contributed by atoms with E-state index in [2.05, 4.69) is 29.1 Å². The molecule has 5 rings (SSSR count). The molecule has 0 radical (unpaired) electrons. The van der Waals surface area contributed by atoms with Gasteiger partial charge in [-0.3, -0.25) is 5.10 Å². The van der Waals surface area contributed by atoms with Crippen molar-refractivity contribution in [3.63, 3.8) is 0 Å². The van der Waals surface area contributed by atoms with Crippen LogP contribution in [0.4, 0.5) is 4.39 Å². The third kappa shape index (κ3) is 4.11. The van der Waals surface area contributed by atoms with E-state index in [1.165, 1.54) is 18.5 Å². The molecule has 1 atom stereocenters. The summed E-state index contributed by atoms with van der Waals surface area (Å²) in [5.74, 6) is 0.376. The fraction of sp³-hybridized carbons (Fsp3) is 0.480. The molecule has 1 aromatic heterocycles. The van der Waals surface area contributed by atoms with Crippen molar-refractivity contribution >= 4 is 22.5 Å². The van der Waals surface area contributed by atoms with Gasteiger partial charge in [0, 0.05) is 33.0 Å². The van der Waals surface area contributed by atoms with Gasteiger partial charge in [-0.2, -0.15) is 5.10 Å². The fourth-order valence-corrected chi connectivity index (χ4v) is 5.09. The first-order valence-electron chi connectivity index (χ1n) is 11.2. The number of likely N-dealkylation sites (tertiary alicyclic amines) is 1. The van der Waals surface area contributed by atoms with E-state index in [0.29, 0.717) is 17.5 Å². The van der Waals surface area contributed by atoms with Gasteiger partial charge in [0.15, 0.2) is 0 Å². The van der Waals surface area contributed by atoms with Crippen LogP contribution in [0.5, 0.6) is 0 Å². The van der Waals surface area contributed by atoms with Gasteiger partial charge in [-0.25, -0.2) is 4.39 Å². The van der Waals surface area contributed by atoms with Crippen LogP contribution in [0.3, 0.4) is 0 Å². The summed E-state index contributed by atoms with van der Waals surface area (Å²) in [5, 5.41) is 9.70. The van der Waals surface area contributed by atoms with Crippen LogP contribution in [0.2, 0.25) is 5.02 Å². The lowest BCUT2D eigenvalue weighted by Crippen LogP contribution is -2.44. The first-order chi connectivity index (χ1) is 14.9. The number of ether oxygens (including phenoxy) is 1. The highest BCUT2D eigenvalue weighted by Crippen LogP contribution is 2.44. The molecule has 2 aromatic carbocycles. The van der Waals surface area contributed by atoms with Crippen LogP contribution >= 0.6 is 11.6 Å². The smallest absolute Gasteiger partial charge is 0.123 e. The van der Waals surface area contributed by atoms with Crippen LogP contribution in [-0.4, -0.2) is 41.8 Å². The number of hydrogen-bond donors (Lipinski definition) is 1. The minimum Gasteiger partial charge on any atom is -0.373 e. The second-order valence-electron chi connectivity index (χ2n) is 9.35. The molecule has 2 fully saturated rings. The first-order valence-corrected chi connectivity index (χ1v) is 11.6. The third-order valence-corrected chi connectivity index (χ3v) is 7.33. The van der Waals surface area contributed by atoms with Crippen LogP contribution in [0.15, 0.2) is 36.4 Å². The maximum Gasteiger partial charge on any atom is 0.123 e. The van der Waals surface area contributed by atoms with E-state index in [4.69, 9.17) is 16.3 Å². The van der Waals surface area contributed by atoms with Crippen molar-refractivity contribution in [1.82, 2.24) is 15.1 Å². The van der Waals surface area contributed by atoms with Crippen molar-refractivity contribution in [2.45, 2.75) is 50.0 Å². The molecule has 0 bridgehead atoms. The van der Waals surface area contributed by atoms with Gasteiger partial charge in [0.1, 0.15) is 5.82 Å². The Morgan fingerprint density at radius 2 is 1.94 bits per heavy atom. The number of fused-ring (bicyclic) bond motifs is 1. The summed E-state index contributed by atoms with van der Waals surface area (Å²) >= 11 is 6.49. The van der Waals surface area contributed by atoms with Crippen LogP contribution in [-0.2, 0) is 10.2 Å². The highest BCUT2D eigenvalue weighted by molar-refractivity contribution is 6.31. The molecule has 31 heavy (non-hydrogen) atoms. The number of H-pyrrole nitrogens is 1. The van der Waals surface area contributed by atoms with Gasteiger partial charge in [-0.05, 0) is 82.6 Å². The quantitative estimate of drug-likeness (QED) is 0.512. The second kappa shape index (κ2) is 8.19. The number of hydrogen-bond acceptors (Lipinski definition) is 3. The zero-order valence-electron chi connectivity index (χ0n) is 18.1. The average molecular weight is 442 g/mol. The third-order valence-electron chi connectivity index (χ3n) is 7.12. The molecule has 3 aromatic rings. The summed E-state index contributed by atoms with van der Waals surface area (Å²) in [7, 11) is 2.15. The number of aromatic amines is 1. The summed E-state index contributed by atoms with van der Waals surface area (Å²) in [5.41, 5.74) is 4.22. The number of halogens is 2. The lowest BCUT2D eigenvalue weighted by atomic mass is 9.73.